The van der Waals surface area contributed by atoms with Gasteiger partial charge in [-0.05, 0) is 26.7 Å². The van der Waals surface area contributed by atoms with E-state index in [4.69, 9.17) is 9.47 Å². The molecule has 0 radical (unpaired) electrons. The van der Waals surface area contributed by atoms with E-state index >= 15 is 0 Å². The van der Waals surface area contributed by atoms with Gasteiger partial charge in [0.2, 0.25) is 0 Å². The van der Waals surface area contributed by atoms with Gasteiger partial charge in [0.25, 0.3) is 0 Å². The number of ether oxygens (including phenoxy) is 2. The standard InChI is InChI=1S/C17H34N4O3.HI/c1-13(2)11-21-7-8-23-14(12-21)9-19-16(18-6)20-10-15(22)24-17(3,4)5;/h13-14H,7-12H2,1-6H3,(H2,18,19,20);1H. The SMILES string of the molecule is CN=C(NCC(=O)OC(C)(C)C)NCC1CN(CC(C)C)CCO1.I. The first kappa shape index (κ1) is 24.4. The van der Waals surface area contributed by atoms with Crippen LogP contribution in [0.15, 0.2) is 4.99 Å². The molecule has 0 aliphatic carbocycles. The lowest BCUT2D eigenvalue weighted by molar-refractivity contribution is -0.153. The van der Waals surface area contributed by atoms with Crippen molar-refractivity contribution in [2.75, 3.05) is 46.4 Å². The summed E-state index contributed by atoms with van der Waals surface area (Å²) in [6.07, 6.45) is 0.123. The normalized spacial score (nSPS) is 19.3. The summed E-state index contributed by atoms with van der Waals surface area (Å²) < 4.78 is 11.1. The molecular weight excluding hydrogens is 435 g/mol. The zero-order valence-corrected chi connectivity index (χ0v) is 18.8. The summed E-state index contributed by atoms with van der Waals surface area (Å²) in [5.74, 6) is 0.924. The lowest BCUT2D eigenvalue weighted by atomic mass is 10.2. The van der Waals surface area contributed by atoms with E-state index in [0.29, 0.717) is 18.4 Å². The van der Waals surface area contributed by atoms with Crippen molar-refractivity contribution in [3.63, 3.8) is 0 Å². The maximum atomic E-state index is 11.7. The number of carbonyl (C=O) groups is 1. The molecule has 0 spiro atoms. The molecule has 1 aliphatic heterocycles. The summed E-state index contributed by atoms with van der Waals surface area (Å²) in [5, 5.41) is 6.18. The van der Waals surface area contributed by atoms with Gasteiger partial charge in [0, 0.05) is 33.2 Å². The molecule has 8 heteroatoms. The number of aliphatic imine (C=N–C) groups is 1. The molecule has 1 rings (SSSR count). The number of halogens is 1. The van der Waals surface area contributed by atoms with Gasteiger partial charge < -0.3 is 20.1 Å². The second-order valence-corrected chi connectivity index (χ2v) is 7.54. The van der Waals surface area contributed by atoms with Crippen molar-refractivity contribution in [3.05, 3.63) is 0 Å². The van der Waals surface area contributed by atoms with Crippen molar-refractivity contribution in [3.8, 4) is 0 Å². The van der Waals surface area contributed by atoms with Crippen LogP contribution in [0.2, 0.25) is 0 Å². The van der Waals surface area contributed by atoms with E-state index < -0.39 is 5.60 Å². The van der Waals surface area contributed by atoms with Crippen LogP contribution < -0.4 is 10.6 Å². The number of rotatable bonds is 6. The summed E-state index contributed by atoms with van der Waals surface area (Å²) in [4.78, 5) is 18.3. The number of hydrogen-bond acceptors (Lipinski definition) is 5. The Labute approximate surface area is 169 Å². The van der Waals surface area contributed by atoms with Crippen molar-refractivity contribution in [2.45, 2.75) is 46.3 Å². The minimum atomic E-state index is -0.481. The third kappa shape index (κ3) is 11.6. The van der Waals surface area contributed by atoms with Gasteiger partial charge >= 0.3 is 5.97 Å². The fourth-order valence-corrected chi connectivity index (χ4v) is 2.55. The Balaban J connectivity index is 0.00000576. The Morgan fingerprint density at radius 1 is 1.36 bits per heavy atom. The van der Waals surface area contributed by atoms with E-state index in [1.54, 1.807) is 7.05 Å². The van der Waals surface area contributed by atoms with Crippen molar-refractivity contribution in [2.24, 2.45) is 10.9 Å². The van der Waals surface area contributed by atoms with Crippen molar-refractivity contribution < 1.29 is 14.3 Å². The predicted molar refractivity (Wildman–Crippen MR) is 112 cm³/mol. The summed E-state index contributed by atoms with van der Waals surface area (Å²) in [7, 11) is 1.68. The van der Waals surface area contributed by atoms with E-state index in [0.717, 1.165) is 26.2 Å². The second-order valence-electron chi connectivity index (χ2n) is 7.54. The minimum absolute atomic E-state index is 0. The number of hydrogen-bond donors (Lipinski definition) is 2. The molecule has 1 heterocycles. The molecule has 0 aromatic rings. The summed E-state index contributed by atoms with van der Waals surface area (Å²) in [6, 6.07) is 0. The molecule has 7 nitrogen and oxygen atoms in total. The first-order valence-corrected chi connectivity index (χ1v) is 8.70. The number of guanidine groups is 1. The maximum absolute atomic E-state index is 11.7. The number of nitrogens with zero attached hydrogens (tertiary/aromatic N) is 2. The lowest BCUT2D eigenvalue weighted by Gasteiger charge is -2.34. The van der Waals surface area contributed by atoms with Gasteiger partial charge in [-0.3, -0.25) is 14.7 Å². The van der Waals surface area contributed by atoms with Gasteiger partial charge in [-0.25, -0.2) is 0 Å². The van der Waals surface area contributed by atoms with Crippen LogP contribution in [-0.4, -0.2) is 74.9 Å². The van der Waals surface area contributed by atoms with Crippen LogP contribution in [0.25, 0.3) is 0 Å². The summed E-state index contributed by atoms with van der Waals surface area (Å²) in [6.45, 7) is 14.5. The molecule has 0 bridgehead atoms. The third-order valence-corrected chi connectivity index (χ3v) is 3.39. The monoisotopic (exact) mass is 470 g/mol. The Bertz CT molecular complexity index is 425. The zero-order valence-electron chi connectivity index (χ0n) is 16.4. The van der Waals surface area contributed by atoms with Crippen molar-refractivity contribution in [1.29, 1.82) is 0 Å². The average Bonchev–Trinajstić information content (AvgIpc) is 2.45. The molecule has 1 atom stereocenters. The Hall–Kier alpha value is -0.610. The van der Waals surface area contributed by atoms with Gasteiger partial charge in [-0.1, -0.05) is 13.8 Å². The van der Waals surface area contributed by atoms with Crippen LogP contribution in [0.3, 0.4) is 0 Å². The van der Waals surface area contributed by atoms with E-state index in [1.165, 1.54) is 0 Å². The fraction of sp³-hybridized carbons (Fsp3) is 0.882. The Kier molecular flexibility index (Phi) is 11.6. The highest BCUT2D eigenvalue weighted by Gasteiger charge is 2.21. The van der Waals surface area contributed by atoms with E-state index in [-0.39, 0.29) is 42.6 Å². The molecule has 0 saturated carbocycles. The highest BCUT2D eigenvalue weighted by atomic mass is 127. The molecule has 2 N–H and O–H groups in total. The van der Waals surface area contributed by atoms with Gasteiger partial charge in [-0.15, -0.1) is 24.0 Å². The lowest BCUT2D eigenvalue weighted by Crippen LogP contribution is -2.50. The molecule has 1 fully saturated rings. The molecular formula is C17H35IN4O3. The number of esters is 1. The molecule has 0 aromatic heterocycles. The summed E-state index contributed by atoms with van der Waals surface area (Å²) >= 11 is 0. The molecule has 25 heavy (non-hydrogen) atoms. The Morgan fingerprint density at radius 2 is 2.04 bits per heavy atom. The fourth-order valence-electron chi connectivity index (χ4n) is 2.55. The molecule has 1 saturated heterocycles. The van der Waals surface area contributed by atoms with Crippen LogP contribution in [0.5, 0.6) is 0 Å². The van der Waals surface area contributed by atoms with E-state index in [9.17, 15) is 4.79 Å². The van der Waals surface area contributed by atoms with Gasteiger partial charge in [0.15, 0.2) is 5.96 Å². The maximum Gasteiger partial charge on any atom is 0.325 e. The average molecular weight is 470 g/mol. The zero-order chi connectivity index (χ0) is 18.2. The molecule has 0 amide bonds. The molecule has 1 unspecified atom stereocenters. The second kappa shape index (κ2) is 11.9. The van der Waals surface area contributed by atoms with Crippen molar-refractivity contribution in [1.82, 2.24) is 15.5 Å². The summed E-state index contributed by atoms with van der Waals surface area (Å²) in [5.41, 5.74) is -0.481. The highest BCUT2D eigenvalue weighted by molar-refractivity contribution is 14.0. The van der Waals surface area contributed by atoms with Crippen LogP contribution in [-0.2, 0) is 14.3 Å². The van der Waals surface area contributed by atoms with E-state index in [2.05, 4.69) is 34.4 Å². The number of nitrogens with one attached hydrogen (secondary N) is 2. The van der Waals surface area contributed by atoms with Gasteiger partial charge in [0.1, 0.15) is 12.1 Å². The predicted octanol–water partition coefficient (Wildman–Crippen LogP) is 1.47. The topological polar surface area (TPSA) is 75.2 Å². The smallest absolute Gasteiger partial charge is 0.325 e. The van der Waals surface area contributed by atoms with Crippen LogP contribution in [0.1, 0.15) is 34.6 Å². The van der Waals surface area contributed by atoms with Crippen LogP contribution in [0.4, 0.5) is 0 Å². The van der Waals surface area contributed by atoms with Crippen molar-refractivity contribution >= 4 is 35.9 Å². The van der Waals surface area contributed by atoms with Gasteiger partial charge in [0.05, 0.1) is 12.7 Å². The molecule has 148 valence electrons. The first-order chi connectivity index (χ1) is 11.2. The molecule has 1 aliphatic rings. The Morgan fingerprint density at radius 3 is 2.60 bits per heavy atom. The largest absolute Gasteiger partial charge is 0.459 e. The number of carbonyl (C=O) groups excluding carboxylic acids is 1. The van der Waals surface area contributed by atoms with Gasteiger partial charge in [-0.2, -0.15) is 0 Å². The molecule has 0 aromatic carbocycles. The third-order valence-electron chi connectivity index (χ3n) is 3.39. The number of morpholine rings is 1. The van der Waals surface area contributed by atoms with Crippen LogP contribution in [0, 0.1) is 5.92 Å². The quantitative estimate of drug-likeness (QED) is 0.265. The minimum Gasteiger partial charge on any atom is -0.459 e. The first-order valence-electron chi connectivity index (χ1n) is 8.70. The highest BCUT2D eigenvalue weighted by Crippen LogP contribution is 2.07. The van der Waals surface area contributed by atoms with Crippen LogP contribution >= 0.6 is 24.0 Å². The van der Waals surface area contributed by atoms with E-state index in [1.807, 2.05) is 20.8 Å².